The normalized spacial score (nSPS) is 32.9. The topological polar surface area (TPSA) is 52.6 Å². The fourth-order valence-corrected chi connectivity index (χ4v) is 3.44. The lowest BCUT2D eigenvalue weighted by Crippen LogP contribution is -2.34. The number of fused-ring (bicyclic) bond motifs is 1. The van der Waals surface area contributed by atoms with E-state index in [9.17, 15) is 9.59 Å². The van der Waals surface area contributed by atoms with Crippen LogP contribution in [0.4, 0.5) is 0 Å². The maximum Gasteiger partial charge on any atom is 0.885 e. The Morgan fingerprint density at radius 3 is 2.59 bits per heavy atom. The Morgan fingerprint density at radius 1 is 1.18 bits per heavy atom. The molecule has 1 saturated heterocycles. The fourth-order valence-electron chi connectivity index (χ4n) is 2.85. The highest BCUT2D eigenvalue weighted by molar-refractivity contribution is 6.27. The van der Waals surface area contributed by atoms with Crippen molar-refractivity contribution in [3.8, 4) is 0 Å². The predicted octanol–water partition coefficient (Wildman–Crippen LogP) is 1.84. The average Bonchev–Trinajstić information content (AvgIpc) is 2.48. The Bertz CT molecular complexity index is 305. The molecule has 0 amide bonds. The standard InChI is InChI=1S/C12H20O4.Al/c1-2-3-4-8-5-6-9(11(13)14)10(7-8)12(15)16;/h8-10H,2-7H2,1H3,(H,13,14)(H,15,16);/q;+2/p-2. The Kier molecular flexibility index (Phi) is 4.47. The molecule has 0 spiro atoms. The zero-order valence-corrected chi connectivity index (χ0v) is 11.3. The molecule has 1 heterocycles. The second-order valence-electron chi connectivity index (χ2n) is 5.00. The van der Waals surface area contributed by atoms with Crippen molar-refractivity contribution >= 4 is 27.8 Å². The third-order valence-corrected chi connectivity index (χ3v) is 4.52. The summed E-state index contributed by atoms with van der Waals surface area (Å²) in [6, 6.07) is 0. The highest BCUT2D eigenvalue weighted by Crippen LogP contribution is 2.38. The van der Waals surface area contributed by atoms with Crippen LogP contribution in [-0.4, -0.2) is 27.8 Å². The summed E-state index contributed by atoms with van der Waals surface area (Å²) in [5, 5.41) is 0. The lowest BCUT2D eigenvalue weighted by Gasteiger charge is -2.32. The molecule has 3 atom stereocenters. The molecule has 1 aliphatic carbocycles. The lowest BCUT2D eigenvalue weighted by atomic mass is 9.72. The SMILES string of the molecule is CCCCC1CCC2C(=O)[O][Al][O]C(=O)C2C1. The van der Waals surface area contributed by atoms with Crippen LogP contribution < -0.4 is 0 Å². The molecule has 0 bridgehead atoms. The maximum absolute atomic E-state index is 11.8. The molecule has 2 rings (SSSR count). The predicted molar refractivity (Wildman–Crippen MR) is 61.8 cm³/mol. The van der Waals surface area contributed by atoms with Gasteiger partial charge in [-0.05, 0) is 25.2 Å². The number of unbranched alkanes of at least 4 members (excludes halogenated alkanes) is 1. The van der Waals surface area contributed by atoms with E-state index in [1.165, 1.54) is 12.8 Å². The Labute approximate surface area is 108 Å². The second kappa shape index (κ2) is 5.88. The molecule has 4 nitrogen and oxygen atoms in total. The van der Waals surface area contributed by atoms with E-state index < -0.39 is 15.9 Å². The molecule has 2 fully saturated rings. The van der Waals surface area contributed by atoms with E-state index in [2.05, 4.69) is 6.92 Å². The molecule has 2 aliphatic rings. The van der Waals surface area contributed by atoms with Crippen molar-refractivity contribution in [2.45, 2.75) is 45.4 Å². The second-order valence-corrected chi connectivity index (χ2v) is 5.67. The van der Waals surface area contributed by atoms with Gasteiger partial charge < -0.3 is 7.58 Å². The molecule has 0 aromatic rings. The Balaban J connectivity index is 2.00. The van der Waals surface area contributed by atoms with Crippen LogP contribution in [0.2, 0.25) is 0 Å². The van der Waals surface area contributed by atoms with Crippen LogP contribution in [0.5, 0.6) is 0 Å². The maximum atomic E-state index is 11.8. The zero-order chi connectivity index (χ0) is 12.3. The lowest BCUT2D eigenvalue weighted by molar-refractivity contribution is -0.148. The summed E-state index contributed by atoms with van der Waals surface area (Å²) < 4.78 is 9.96. The van der Waals surface area contributed by atoms with E-state index in [1.54, 1.807) is 0 Å². The van der Waals surface area contributed by atoms with Crippen molar-refractivity contribution in [3.63, 3.8) is 0 Å². The summed E-state index contributed by atoms with van der Waals surface area (Å²) >= 11 is -0.926. The fraction of sp³-hybridized carbons (Fsp3) is 0.833. The third-order valence-electron chi connectivity index (χ3n) is 3.86. The van der Waals surface area contributed by atoms with E-state index in [0.29, 0.717) is 5.92 Å². The first-order valence-electron chi connectivity index (χ1n) is 6.45. The van der Waals surface area contributed by atoms with Crippen LogP contribution in [-0.2, 0) is 17.2 Å². The summed E-state index contributed by atoms with van der Waals surface area (Å²) in [5.74, 6) is -0.338. The van der Waals surface area contributed by atoms with Crippen LogP contribution in [0, 0.1) is 17.8 Å². The zero-order valence-electron chi connectivity index (χ0n) is 10.2. The molecule has 0 N–H and O–H groups in total. The first-order chi connectivity index (χ1) is 8.22. The third kappa shape index (κ3) is 3.02. The van der Waals surface area contributed by atoms with Gasteiger partial charge in [-0.25, -0.2) is 0 Å². The van der Waals surface area contributed by atoms with Gasteiger partial charge in [0, 0.05) is 0 Å². The van der Waals surface area contributed by atoms with Crippen LogP contribution in [0.25, 0.3) is 0 Å². The van der Waals surface area contributed by atoms with Crippen molar-refractivity contribution in [1.82, 2.24) is 0 Å². The van der Waals surface area contributed by atoms with Gasteiger partial charge >= 0.3 is 15.9 Å². The van der Waals surface area contributed by atoms with E-state index in [-0.39, 0.29) is 23.8 Å². The van der Waals surface area contributed by atoms with Crippen molar-refractivity contribution in [1.29, 1.82) is 0 Å². The monoisotopic (exact) mass is 253 g/mol. The molecule has 93 valence electrons. The molecule has 1 saturated carbocycles. The quantitative estimate of drug-likeness (QED) is 0.720. The molecule has 5 heteroatoms. The minimum atomic E-state index is -0.926. The molecule has 17 heavy (non-hydrogen) atoms. The van der Waals surface area contributed by atoms with Gasteiger partial charge in [-0.3, -0.25) is 9.59 Å². The number of carbonyl (C=O) groups is 2. The van der Waals surface area contributed by atoms with Gasteiger partial charge in [0.2, 0.25) is 0 Å². The Morgan fingerprint density at radius 2 is 1.88 bits per heavy atom. The van der Waals surface area contributed by atoms with Crippen LogP contribution >= 0.6 is 0 Å². The molecule has 1 aliphatic heterocycles. The Hall–Kier alpha value is -0.528. The van der Waals surface area contributed by atoms with Crippen molar-refractivity contribution in [3.05, 3.63) is 0 Å². The van der Waals surface area contributed by atoms with E-state index >= 15 is 0 Å². The first kappa shape index (κ1) is 12.9. The van der Waals surface area contributed by atoms with Crippen molar-refractivity contribution in [2.75, 3.05) is 0 Å². The van der Waals surface area contributed by atoms with Gasteiger partial charge in [-0.2, -0.15) is 0 Å². The minimum Gasteiger partial charge on any atom is -0.589 e. The summed E-state index contributed by atoms with van der Waals surface area (Å²) in [5.41, 5.74) is 0. The number of hydrogen-bond donors (Lipinski definition) is 0. The largest absolute Gasteiger partial charge is 0.885 e. The molecular weight excluding hydrogens is 235 g/mol. The molecule has 3 unspecified atom stereocenters. The number of hydrogen-bond acceptors (Lipinski definition) is 4. The summed E-state index contributed by atoms with van der Waals surface area (Å²) in [7, 11) is 0. The van der Waals surface area contributed by atoms with E-state index in [1.807, 2.05) is 0 Å². The van der Waals surface area contributed by atoms with Gasteiger partial charge in [0.1, 0.15) is 0 Å². The number of rotatable bonds is 3. The van der Waals surface area contributed by atoms with Crippen molar-refractivity contribution in [2.24, 2.45) is 17.8 Å². The molecule has 0 aromatic heterocycles. The van der Waals surface area contributed by atoms with Crippen LogP contribution in [0.1, 0.15) is 45.4 Å². The molecular formula is C12H18AlO4. The summed E-state index contributed by atoms with van der Waals surface area (Å²) in [6.45, 7) is 2.17. The molecule has 0 aromatic carbocycles. The van der Waals surface area contributed by atoms with Gasteiger partial charge in [-0.15, -0.1) is 0 Å². The van der Waals surface area contributed by atoms with Gasteiger partial charge in [0.15, 0.2) is 0 Å². The smallest absolute Gasteiger partial charge is 0.589 e. The highest BCUT2D eigenvalue weighted by Gasteiger charge is 2.43. The average molecular weight is 253 g/mol. The van der Waals surface area contributed by atoms with Gasteiger partial charge in [0.05, 0.1) is 11.8 Å². The van der Waals surface area contributed by atoms with Crippen LogP contribution in [0.3, 0.4) is 0 Å². The van der Waals surface area contributed by atoms with Crippen molar-refractivity contribution < 1.29 is 17.2 Å². The van der Waals surface area contributed by atoms with Gasteiger partial charge in [0.25, 0.3) is 11.9 Å². The minimum absolute atomic E-state index is 0.211. The van der Waals surface area contributed by atoms with Crippen LogP contribution in [0.15, 0.2) is 0 Å². The number of carbonyl (C=O) groups excluding carboxylic acids is 2. The van der Waals surface area contributed by atoms with E-state index in [0.717, 1.165) is 25.7 Å². The summed E-state index contributed by atoms with van der Waals surface area (Å²) in [6.07, 6.45) is 6.17. The van der Waals surface area contributed by atoms with E-state index in [4.69, 9.17) is 7.58 Å². The molecule has 1 radical (unpaired) electrons. The highest BCUT2D eigenvalue weighted by atomic mass is 27.2. The van der Waals surface area contributed by atoms with Gasteiger partial charge in [-0.1, -0.05) is 26.2 Å². The first-order valence-corrected chi connectivity index (χ1v) is 7.39. The summed E-state index contributed by atoms with van der Waals surface area (Å²) in [4.78, 5) is 23.5.